The van der Waals surface area contributed by atoms with Crippen molar-refractivity contribution in [3.05, 3.63) is 66.4 Å². The van der Waals surface area contributed by atoms with Gasteiger partial charge in [-0.05, 0) is 19.1 Å². The normalized spacial score (nSPS) is 10.9. The molecule has 0 atom stereocenters. The van der Waals surface area contributed by atoms with Gasteiger partial charge in [0.25, 0.3) is 0 Å². The van der Waals surface area contributed by atoms with Crippen LogP contribution in [0.4, 0.5) is 5.69 Å². The number of nitrogens with zero attached hydrogens (tertiary/aromatic N) is 5. The number of amides is 1. The van der Waals surface area contributed by atoms with Crippen LogP contribution < -0.4 is 5.32 Å². The third kappa shape index (κ3) is 4.28. The second kappa shape index (κ2) is 8.54. The second-order valence-electron chi connectivity index (χ2n) is 7.00. The summed E-state index contributed by atoms with van der Waals surface area (Å²) in [6, 6.07) is 17.6. The molecule has 4 rings (SSSR count). The van der Waals surface area contributed by atoms with E-state index in [0.717, 1.165) is 22.5 Å². The van der Waals surface area contributed by atoms with E-state index in [1.807, 2.05) is 55.2 Å². The molecule has 0 fully saturated rings. The van der Waals surface area contributed by atoms with E-state index >= 15 is 0 Å². The Labute approximate surface area is 179 Å². The lowest BCUT2D eigenvalue weighted by molar-refractivity contribution is -0.113. The van der Waals surface area contributed by atoms with Crippen molar-refractivity contribution in [2.45, 2.75) is 12.1 Å². The Bertz CT molecular complexity index is 1160. The van der Waals surface area contributed by atoms with E-state index in [9.17, 15) is 4.79 Å². The van der Waals surface area contributed by atoms with Gasteiger partial charge in [-0.3, -0.25) is 9.48 Å². The molecule has 0 aliphatic rings. The molecule has 2 aromatic heterocycles. The molecule has 0 bridgehead atoms. The number of aryl methyl sites for hydroxylation is 2. The quantitative estimate of drug-likeness (QED) is 0.480. The number of hydrogen-bond acceptors (Lipinski definition) is 5. The molecule has 0 saturated heterocycles. The molecular formula is C22H22N6OS. The maximum Gasteiger partial charge on any atom is 0.234 e. The molecule has 1 N–H and O–H groups in total. The maximum atomic E-state index is 12.2. The van der Waals surface area contributed by atoms with Gasteiger partial charge in [-0.2, -0.15) is 5.10 Å². The topological polar surface area (TPSA) is 77.6 Å². The van der Waals surface area contributed by atoms with Crippen molar-refractivity contribution in [3.8, 4) is 22.6 Å². The third-order valence-corrected chi connectivity index (χ3v) is 5.64. The summed E-state index contributed by atoms with van der Waals surface area (Å²) in [5, 5.41) is 16.8. The van der Waals surface area contributed by atoms with Gasteiger partial charge in [0.05, 0.1) is 11.3 Å². The van der Waals surface area contributed by atoms with Crippen LogP contribution in [-0.4, -0.2) is 36.2 Å². The molecule has 0 spiro atoms. The van der Waals surface area contributed by atoms with Gasteiger partial charge in [-0.1, -0.05) is 59.8 Å². The smallest absolute Gasteiger partial charge is 0.234 e. The van der Waals surface area contributed by atoms with Gasteiger partial charge in [-0.15, -0.1) is 10.2 Å². The number of anilines is 1. The van der Waals surface area contributed by atoms with E-state index in [-0.39, 0.29) is 11.7 Å². The first-order valence-electron chi connectivity index (χ1n) is 9.49. The molecule has 0 radical (unpaired) electrons. The minimum Gasteiger partial charge on any atom is -0.325 e. The fourth-order valence-corrected chi connectivity index (χ4v) is 3.81. The molecule has 0 aliphatic heterocycles. The van der Waals surface area contributed by atoms with Gasteiger partial charge in [0, 0.05) is 31.5 Å². The molecule has 152 valence electrons. The van der Waals surface area contributed by atoms with Crippen molar-refractivity contribution in [2.75, 3.05) is 11.1 Å². The van der Waals surface area contributed by atoms with E-state index in [0.29, 0.717) is 11.0 Å². The molecule has 1 amide bonds. The predicted octanol–water partition coefficient (Wildman–Crippen LogP) is 3.92. The van der Waals surface area contributed by atoms with Crippen LogP contribution in [0.15, 0.2) is 66.0 Å². The van der Waals surface area contributed by atoms with E-state index in [2.05, 4.69) is 51.8 Å². The Morgan fingerprint density at radius 3 is 2.50 bits per heavy atom. The van der Waals surface area contributed by atoms with Crippen LogP contribution in [-0.2, 0) is 18.9 Å². The zero-order valence-electron chi connectivity index (χ0n) is 17.0. The number of carbonyl (C=O) groups excluding carboxylic acids is 1. The Hall–Kier alpha value is -3.39. The average Bonchev–Trinajstić information content (AvgIpc) is 3.30. The highest BCUT2D eigenvalue weighted by atomic mass is 32.2. The molecule has 2 aromatic carbocycles. The van der Waals surface area contributed by atoms with Crippen LogP contribution in [0.1, 0.15) is 5.56 Å². The zero-order chi connectivity index (χ0) is 21.1. The highest BCUT2D eigenvalue weighted by Gasteiger charge is 2.19. The van der Waals surface area contributed by atoms with E-state index in [1.54, 1.807) is 4.68 Å². The summed E-state index contributed by atoms with van der Waals surface area (Å²) in [5.41, 5.74) is 4.75. The molecule has 0 aliphatic carbocycles. The van der Waals surface area contributed by atoms with E-state index < -0.39 is 0 Å². The highest BCUT2D eigenvalue weighted by molar-refractivity contribution is 7.99. The Morgan fingerprint density at radius 1 is 1.03 bits per heavy atom. The lowest BCUT2D eigenvalue weighted by Crippen LogP contribution is -2.14. The lowest BCUT2D eigenvalue weighted by Gasteiger charge is -2.06. The van der Waals surface area contributed by atoms with Crippen LogP contribution in [0.25, 0.3) is 22.6 Å². The van der Waals surface area contributed by atoms with E-state index in [4.69, 9.17) is 0 Å². The molecule has 0 unspecified atom stereocenters. The van der Waals surface area contributed by atoms with Crippen LogP contribution in [0.2, 0.25) is 0 Å². The minimum absolute atomic E-state index is 0.0857. The SMILES string of the molecule is Cc1ccc(-c2nn(C)cc2-c2nnc(SCC(=O)Nc3ccccc3)n2C)cc1. The number of hydrogen-bond donors (Lipinski definition) is 1. The van der Waals surface area contributed by atoms with Crippen LogP contribution in [0, 0.1) is 6.92 Å². The van der Waals surface area contributed by atoms with E-state index in [1.165, 1.54) is 17.3 Å². The number of aromatic nitrogens is 5. The average molecular weight is 419 g/mol. The molecular weight excluding hydrogens is 396 g/mol. The minimum atomic E-state index is -0.0857. The molecule has 0 saturated carbocycles. The van der Waals surface area contributed by atoms with Crippen molar-refractivity contribution in [1.29, 1.82) is 0 Å². The summed E-state index contributed by atoms with van der Waals surface area (Å²) in [4.78, 5) is 12.2. The van der Waals surface area contributed by atoms with Crippen molar-refractivity contribution < 1.29 is 4.79 Å². The number of rotatable bonds is 6. The van der Waals surface area contributed by atoms with Gasteiger partial charge >= 0.3 is 0 Å². The van der Waals surface area contributed by atoms with Gasteiger partial charge in [0.2, 0.25) is 5.91 Å². The number of thioether (sulfide) groups is 1. The largest absolute Gasteiger partial charge is 0.325 e. The summed E-state index contributed by atoms with van der Waals surface area (Å²) >= 11 is 1.35. The summed E-state index contributed by atoms with van der Waals surface area (Å²) in [5.74, 6) is 0.876. The Kier molecular flexibility index (Phi) is 5.67. The number of nitrogens with one attached hydrogen (secondary N) is 1. The van der Waals surface area contributed by atoms with Crippen molar-refractivity contribution in [3.63, 3.8) is 0 Å². The van der Waals surface area contributed by atoms with Crippen molar-refractivity contribution in [1.82, 2.24) is 24.5 Å². The first kappa shape index (κ1) is 19.9. The highest BCUT2D eigenvalue weighted by Crippen LogP contribution is 2.31. The summed E-state index contributed by atoms with van der Waals surface area (Å²) in [6.45, 7) is 2.06. The number of benzene rings is 2. The zero-order valence-corrected chi connectivity index (χ0v) is 17.8. The standard InChI is InChI=1S/C22H22N6OS/c1-15-9-11-16(12-10-15)20-18(13-27(2)26-20)21-24-25-22(28(21)3)30-14-19(29)23-17-7-5-4-6-8-17/h4-13H,14H2,1-3H3,(H,23,29). The fourth-order valence-electron chi connectivity index (χ4n) is 3.10. The summed E-state index contributed by atoms with van der Waals surface area (Å²) in [7, 11) is 3.79. The number of carbonyl (C=O) groups is 1. The lowest BCUT2D eigenvalue weighted by atomic mass is 10.1. The van der Waals surface area contributed by atoms with Crippen LogP contribution in [0.3, 0.4) is 0 Å². The molecule has 2 heterocycles. The molecule has 30 heavy (non-hydrogen) atoms. The second-order valence-corrected chi connectivity index (χ2v) is 7.94. The summed E-state index contributed by atoms with van der Waals surface area (Å²) in [6.07, 6.45) is 1.94. The summed E-state index contributed by atoms with van der Waals surface area (Å²) < 4.78 is 3.68. The van der Waals surface area contributed by atoms with Gasteiger partial charge in [0.15, 0.2) is 11.0 Å². The fraction of sp³-hybridized carbons (Fsp3) is 0.182. The first-order chi connectivity index (χ1) is 14.5. The first-order valence-corrected chi connectivity index (χ1v) is 10.5. The number of para-hydroxylation sites is 1. The molecule has 8 heteroatoms. The maximum absolute atomic E-state index is 12.2. The molecule has 7 nitrogen and oxygen atoms in total. The third-order valence-electron chi connectivity index (χ3n) is 4.62. The monoisotopic (exact) mass is 418 g/mol. The predicted molar refractivity (Wildman–Crippen MR) is 119 cm³/mol. The van der Waals surface area contributed by atoms with Crippen LogP contribution >= 0.6 is 11.8 Å². The van der Waals surface area contributed by atoms with Crippen LogP contribution in [0.5, 0.6) is 0 Å². The van der Waals surface area contributed by atoms with Crippen molar-refractivity contribution >= 4 is 23.4 Å². The Morgan fingerprint density at radius 2 is 1.77 bits per heavy atom. The van der Waals surface area contributed by atoms with Gasteiger partial charge in [0.1, 0.15) is 5.69 Å². The van der Waals surface area contributed by atoms with Gasteiger partial charge in [-0.25, -0.2) is 0 Å². The Balaban J connectivity index is 1.52. The molecule has 4 aromatic rings. The van der Waals surface area contributed by atoms with Crippen molar-refractivity contribution in [2.24, 2.45) is 14.1 Å². The van der Waals surface area contributed by atoms with Gasteiger partial charge < -0.3 is 9.88 Å².